The van der Waals surface area contributed by atoms with Crippen LogP contribution in [0.3, 0.4) is 0 Å². The van der Waals surface area contributed by atoms with Crippen molar-refractivity contribution < 1.29 is 9.53 Å². The number of hydrogen-bond donors (Lipinski definition) is 2. The number of rotatable bonds is 5. The molecule has 1 saturated heterocycles. The number of benzene rings is 2. The van der Waals surface area contributed by atoms with Crippen LogP contribution in [0, 0.1) is 0 Å². The first-order chi connectivity index (χ1) is 10.8. The standard InChI is InChI=1S/C17H18N2O2S/c20-17(16-11-22-12-18-16)19-14-6-8-15(9-7-14)21-10-13-4-2-1-3-5-13/h1-9,16,18H,10-12H2,(H,19,20). The van der Waals surface area contributed by atoms with Crippen molar-refractivity contribution in [3.05, 3.63) is 60.2 Å². The second-order valence-electron chi connectivity index (χ2n) is 5.06. The van der Waals surface area contributed by atoms with Crippen LogP contribution in [0.5, 0.6) is 5.75 Å². The smallest absolute Gasteiger partial charge is 0.242 e. The number of carbonyl (C=O) groups excluding carboxylic acids is 1. The Bertz CT molecular complexity index is 610. The molecule has 0 aliphatic carbocycles. The Morgan fingerprint density at radius 3 is 2.64 bits per heavy atom. The van der Waals surface area contributed by atoms with Gasteiger partial charge >= 0.3 is 0 Å². The minimum Gasteiger partial charge on any atom is -0.489 e. The minimum absolute atomic E-state index is 0.0166. The van der Waals surface area contributed by atoms with Gasteiger partial charge in [0.2, 0.25) is 5.91 Å². The summed E-state index contributed by atoms with van der Waals surface area (Å²) in [4.78, 5) is 12.0. The van der Waals surface area contributed by atoms with Gasteiger partial charge in [-0.2, -0.15) is 0 Å². The zero-order valence-electron chi connectivity index (χ0n) is 12.1. The van der Waals surface area contributed by atoms with Gasteiger partial charge in [-0.05, 0) is 29.8 Å². The van der Waals surface area contributed by atoms with Crippen molar-refractivity contribution >= 4 is 23.4 Å². The van der Waals surface area contributed by atoms with Gasteiger partial charge in [0.1, 0.15) is 12.4 Å². The van der Waals surface area contributed by atoms with Crippen molar-refractivity contribution in [3.8, 4) is 5.75 Å². The van der Waals surface area contributed by atoms with E-state index in [1.54, 1.807) is 11.8 Å². The normalized spacial score (nSPS) is 17.2. The molecule has 1 aliphatic heterocycles. The molecule has 1 unspecified atom stereocenters. The van der Waals surface area contributed by atoms with E-state index in [0.717, 1.165) is 28.6 Å². The van der Waals surface area contributed by atoms with Crippen LogP contribution in [0.15, 0.2) is 54.6 Å². The maximum Gasteiger partial charge on any atom is 0.242 e. The lowest BCUT2D eigenvalue weighted by atomic mass is 10.2. The van der Waals surface area contributed by atoms with Gasteiger partial charge in [0.15, 0.2) is 0 Å². The molecule has 1 aliphatic rings. The largest absolute Gasteiger partial charge is 0.489 e. The summed E-state index contributed by atoms with van der Waals surface area (Å²) in [7, 11) is 0. The fraction of sp³-hybridized carbons (Fsp3) is 0.235. The number of carbonyl (C=O) groups is 1. The third-order valence-corrected chi connectivity index (χ3v) is 4.34. The molecule has 2 aromatic rings. The van der Waals surface area contributed by atoms with Crippen LogP contribution in [0.2, 0.25) is 0 Å². The number of thioether (sulfide) groups is 1. The van der Waals surface area contributed by atoms with Crippen LogP contribution in [-0.4, -0.2) is 23.6 Å². The van der Waals surface area contributed by atoms with E-state index in [1.165, 1.54) is 0 Å². The lowest BCUT2D eigenvalue weighted by Crippen LogP contribution is -2.37. The molecule has 2 aromatic carbocycles. The second-order valence-corrected chi connectivity index (χ2v) is 6.09. The topological polar surface area (TPSA) is 50.4 Å². The first kappa shape index (κ1) is 14.9. The Morgan fingerprint density at radius 1 is 1.18 bits per heavy atom. The fourth-order valence-electron chi connectivity index (χ4n) is 2.17. The Morgan fingerprint density at radius 2 is 1.95 bits per heavy atom. The summed E-state index contributed by atoms with van der Waals surface area (Å²) in [5.41, 5.74) is 1.92. The molecule has 1 fully saturated rings. The van der Waals surface area contributed by atoms with Crippen LogP contribution in [0.4, 0.5) is 5.69 Å². The molecule has 0 spiro atoms. The van der Waals surface area contributed by atoms with E-state index < -0.39 is 0 Å². The van der Waals surface area contributed by atoms with Crippen LogP contribution < -0.4 is 15.4 Å². The number of ether oxygens (including phenoxy) is 1. The van der Waals surface area contributed by atoms with E-state index in [1.807, 2.05) is 54.6 Å². The summed E-state index contributed by atoms with van der Waals surface area (Å²) >= 11 is 1.74. The van der Waals surface area contributed by atoms with E-state index in [9.17, 15) is 4.79 Å². The van der Waals surface area contributed by atoms with Crippen LogP contribution in [0.1, 0.15) is 5.56 Å². The van der Waals surface area contributed by atoms with Gasteiger partial charge < -0.3 is 10.1 Å². The number of hydrogen-bond acceptors (Lipinski definition) is 4. The molecule has 0 radical (unpaired) electrons. The Hall–Kier alpha value is -1.98. The van der Waals surface area contributed by atoms with Crippen molar-refractivity contribution in [3.63, 3.8) is 0 Å². The van der Waals surface area contributed by atoms with Crippen molar-refractivity contribution in [2.75, 3.05) is 16.9 Å². The van der Waals surface area contributed by atoms with E-state index >= 15 is 0 Å². The summed E-state index contributed by atoms with van der Waals surface area (Å²) < 4.78 is 5.72. The van der Waals surface area contributed by atoms with Crippen LogP contribution >= 0.6 is 11.8 Å². The highest BCUT2D eigenvalue weighted by molar-refractivity contribution is 7.99. The first-order valence-corrected chi connectivity index (χ1v) is 8.35. The summed E-state index contributed by atoms with van der Waals surface area (Å²) in [6.07, 6.45) is 0. The molecule has 1 amide bonds. The molecule has 0 aromatic heterocycles. The molecule has 1 heterocycles. The molecular formula is C17H18N2O2S. The third-order valence-electron chi connectivity index (χ3n) is 3.40. The van der Waals surface area contributed by atoms with Crippen LogP contribution in [-0.2, 0) is 11.4 Å². The fourth-order valence-corrected chi connectivity index (χ4v) is 3.11. The van der Waals surface area contributed by atoms with Crippen LogP contribution in [0.25, 0.3) is 0 Å². The Balaban J connectivity index is 1.52. The number of anilines is 1. The highest BCUT2D eigenvalue weighted by Crippen LogP contribution is 2.18. The highest BCUT2D eigenvalue weighted by Gasteiger charge is 2.22. The maximum absolute atomic E-state index is 12.0. The number of amides is 1. The maximum atomic E-state index is 12.0. The molecule has 2 N–H and O–H groups in total. The predicted molar refractivity (Wildman–Crippen MR) is 90.1 cm³/mol. The van der Waals surface area contributed by atoms with Gasteiger partial charge in [-0.25, -0.2) is 0 Å². The average molecular weight is 314 g/mol. The third kappa shape index (κ3) is 4.02. The molecule has 1 atom stereocenters. The molecule has 3 rings (SSSR count). The molecule has 5 heteroatoms. The minimum atomic E-state index is -0.0981. The zero-order chi connectivity index (χ0) is 15.2. The zero-order valence-corrected chi connectivity index (χ0v) is 12.9. The molecular weight excluding hydrogens is 296 g/mol. The molecule has 22 heavy (non-hydrogen) atoms. The van der Waals surface area contributed by atoms with Gasteiger partial charge in [-0.3, -0.25) is 10.1 Å². The van der Waals surface area contributed by atoms with Gasteiger partial charge in [-0.1, -0.05) is 30.3 Å². The first-order valence-electron chi connectivity index (χ1n) is 7.20. The van der Waals surface area contributed by atoms with Crippen molar-refractivity contribution in [1.82, 2.24) is 5.32 Å². The van der Waals surface area contributed by atoms with Crippen molar-refractivity contribution in [2.45, 2.75) is 12.6 Å². The molecule has 4 nitrogen and oxygen atoms in total. The monoisotopic (exact) mass is 314 g/mol. The Kier molecular flexibility index (Phi) is 4.98. The molecule has 0 bridgehead atoms. The summed E-state index contributed by atoms with van der Waals surface area (Å²) in [5, 5.41) is 6.07. The molecule has 0 saturated carbocycles. The van der Waals surface area contributed by atoms with Gasteiger partial charge in [0.05, 0.1) is 6.04 Å². The SMILES string of the molecule is O=C(Nc1ccc(OCc2ccccc2)cc1)C1CSCN1. The van der Waals surface area contributed by atoms with Crippen molar-refractivity contribution in [2.24, 2.45) is 0 Å². The van der Waals surface area contributed by atoms with Gasteiger partial charge in [-0.15, -0.1) is 11.8 Å². The van der Waals surface area contributed by atoms with E-state index in [2.05, 4.69) is 10.6 Å². The van der Waals surface area contributed by atoms with Crippen molar-refractivity contribution in [1.29, 1.82) is 0 Å². The van der Waals surface area contributed by atoms with E-state index in [-0.39, 0.29) is 11.9 Å². The quantitative estimate of drug-likeness (QED) is 0.891. The summed E-state index contributed by atoms with van der Waals surface area (Å²) in [6, 6.07) is 17.4. The number of nitrogens with one attached hydrogen (secondary N) is 2. The average Bonchev–Trinajstić information content (AvgIpc) is 3.10. The lowest BCUT2D eigenvalue weighted by Gasteiger charge is -2.11. The van der Waals surface area contributed by atoms with Gasteiger partial charge in [0.25, 0.3) is 0 Å². The van der Waals surface area contributed by atoms with Gasteiger partial charge in [0, 0.05) is 17.3 Å². The van der Waals surface area contributed by atoms with E-state index in [0.29, 0.717) is 6.61 Å². The Labute approximate surface area is 134 Å². The predicted octanol–water partition coefficient (Wildman–Crippen LogP) is 2.87. The highest BCUT2D eigenvalue weighted by atomic mass is 32.2. The lowest BCUT2D eigenvalue weighted by molar-refractivity contribution is -0.117. The summed E-state index contributed by atoms with van der Waals surface area (Å²) in [6.45, 7) is 0.537. The molecule has 114 valence electrons. The summed E-state index contributed by atoms with van der Waals surface area (Å²) in [5.74, 6) is 2.47. The van der Waals surface area contributed by atoms with E-state index in [4.69, 9.17) is 4.74 Å². The second kappa shape index (κ2) is 7.33.